The predicted molar refractivity (Wildman–Crippen MR) is 88.7 cm³/mol. The first-order chi connectivity index (χ1) is 13.9. The molecule has 3 heterocycles. The summed E-state index contributed by atoms with van der Waals surface area (Å²) >= 11 is 0. The molecule has 1 aliphatic rings. The second-order valence-electron chi connectivity index (χ2n) is 6.68. The molecule has 3 rings (SSSR count). The molecular formula is C17H16F6N4O3. The van der Waals surface area contributed by atoms with Gasteiger partial charge in [0, 0.05) is 19.3 Å². The van der Waals surface area contributed by atoms with Crippen LogP contribution >= 0.6 is 0 Å². The molecule has 2 aromatic heterocycles. The van der Waals surface area contributed by atoms with Gasteiger partial charge < -0.3 is 14.7 Å². The van der Waals surface area contributed by atoms with Gasteiger partial charge in [-0.05, 0) is 19.1 Å². The van der Waals surface area contributed by atoms with E-state index >= 15 is 0 Å². The molecule has 0 radical (unpaired) electrons. The number of alkyl halides is 6. The topological polar surface area (TPSA) is 80.5 Å². The van der Waals surface area contributed by atoms with Crippen molar-refractivity contribution >= 4 is 5.91 Å². The maximum atomic E-state index is 13.7. The van der Waals surface area contributed by atoms with E-state index in [-0.39, 0.29) is 17.8 Å². The van der Waals surface area contributed by atoms with Gasteiger partial charge in [0.2, 0.25) is 0 Å². The number of carbonyl (C=O) groups excluding carboxylic acids is 1. The van der Waals surface area contributed by atoms with E-state index in [0.29, 0.717) is 18.5 Å². The van der Waals surface area contributed by atoms with Crippen LogP contribution in [0.1, 0.15) is 28.5 Å². The molecule has 164 valence electrons. The van der Waals surface area contributed by atoms with Crippen LogP contribution in [0.4, 0.5) is 26.3 Å². The Hall–Kier alpha value is -2.67. The molecule has 30 heavy (non-hydrogen) atoms. The quantitative estimate of drug-likeness (QED) is 0.746. The van der Waals surface area contributed by atoms with Crippen LogP contribution < -0.4 is 0 Å². The molecule has 0 bridgehead atoms. The van der Waals surface area contributed by atoms with Crippen molar-refractivity contribution in [1.29, 1.82) is 0 Å². The summed E-state index contributed by atoms with van der Waals surface area (Å²) in [7, 11) is 0. The highest BCUT2D eigenvalue weighted by molar-refractivity contribution is 5.95. The molecule has 1 aliphatic heterocycles. The Balaban J connectivity index is 1.99. The monoisotopic (exact) mass is 438 g/mol. The van der Waals surface area contributed by atoms with E-state index in [9.17, 15) is 36.2 Å². The zero-order chi connectivity index (χ0) is 22.3. The first-order valence-electron chi connectivity index (χ1n) is 8.66. The Morgan fingerprint density at radius 1 is 1.17 bits per heavy atom. The van der Waals surface area contributed by atoms with Gasteiger partial charge in [-0.15, -0.1) is 0 Å². The highest BCUT2D eigenvalue weighted by Crippen LogP contribution is 2.35. The van der Waals surface area contributed by atoms with E-state index in [1.807, 2.05) is 0 Å². The molecule has 2 aromatic rings. The van der Waals surface area contributed by atoms with Gasteiger partial charge in [-0.1, -0.05) is 0 Å². The van der Waals surface area contributed by atoms with Gasteiger partial charge in [0.15, 0.2) is 11.5 Å². The number of nitrogens with zero attached hydrogens (tertiary/aromatic N) is 4. The summed E-state index contributed by atoms with van der Waals surface area (Å²) in [5.41, 5.74) is -3.38. The Kier molecular flexibility index (Phi) is 5.78. The number of hydrogen-bond donors (Lipinski definition) is 1. The van der Waals surface area contributed by atoms with E-state index < -0.39 is 59.7 Å². The molecule has 1 N–H and O–H groups in total. The average Bonchev–Trinajstić information content (AvgIpc) is 3.12. The minimum absolute atomic E-state index is 0.00363. The summed E-state index contributed by atoms with van der Waals surface area (Å²) in [6.45, 7) is 1.05. The number of ether oxygens (including phenoxy) is 1. The van der Waals surface area contributed by atoms with Gasteiger partial charge in [-0.3, -0.25) is 4.79 Å². The van der Waals surface area contributed by atoms with Gasteiger partial charge in [0.25, 0.3) is 5.91 Å². The molecule has 7 nitrogen and oxygen atoms in total. The van der Waals surface area contributed by atoms with Crippen LogP contribution in [0.5, 0.6) is 0 Å². The van der Waals surface area contributed by atoms with Gasteiger partial charge in [-0.2, -0.15) is 31.4 Å². The second kappa shape index (κ2) is 7.87. The highest BCUT2D eigenvalue weighted by Gasteiger charge is 2.42. The van der Waals surface area contributed by atoms with Crippen LogP contribution in [0.2, 0.25) is 0 Å². The van der Waals surface area contributed by atoms with Gasteiger partial charge in [0.1, 0.15) is 0 Å². The summed E-state index contributed by atoms with van der Waals surface area (Å²) in [6, 6.07) is 1.30. The Bertz CT molecular complexity index is 910. The van der Waals surface area contributed by atoms with Crippen LogP contribution in [0, 0.1) is 0 Å². The van der Waals surface area contributed by atoms with Crippen molar-refractivity contribution < 1.29 is 41.0 Å². The molecule has 0 saturated carbocycles. The van der Waals surface area contributed by atoms with Crippen molar-refractivity contribution in [2.45, 2.75) is 31.5 Å². The molecule has 0 aromatic carbocycles. The Morgan fingerprint density at radius 2 is 1.87 bits per heavy atom. The van der Waals surface area contributed by atoms with Crippen molar-refractivity contribution in [1.82, 2.24) is 19.7 Å². The number of aromatic nitrogens is 3. The Labute approximate surface area is 165 Å². The minimum atomic E-state index is -5.04. The summed E-state index contributed by atoms with van der Waals surface area (Å²) in [5.74, 6) is -1.52. The van der Waals surface area contributed by atoms with Crippen LogP contribution in [-0.2, 0) is 17.1 Å². The molecule has 1 saturated heterocycles. The largest absolute Gasteiger partial charge is 0.434 e. The van der Waals surface area contributed by atoms with Crippen LogP contribution in [-0.4, -0.2) is 62.6 Å². The summed E-state index contributed by atoms with van der Waals surface area (Å²) in [6.07, 6.45) is -9.94. The third-order valence-corrected chi connectivity index (χ3v) is 4.38. The molecule has 2 atom stereocenters. The van der Waals surface area contributed by atoms with E-state index in [1.165, 1.54) is 0 Å². The van der Waals surface area contributed by atoms with E-state index in [2.05, 4.69) is 10.1 Å². The lowest BCUT2D eigenvalue weighted by atomic mass is 10.1. The number of carbonyl (C=O) groups is 1. The summed E-state index contributed by atoms with van der Waals surface area (Å²) in [4.78, 5) is 17.3. The van der Waals surface area contributed by atoms with Crippen LogP contribution in [0.3, 0.4) is 0 Å². The second-order valence-corrected chi connectivity index (χ2v) is 6.68. The van der Waals surface area contributed by atoms with Crippen molar-refractivity contribution in [3.05, 3.63) is 41.3 Å². The molecule has 0 unspecified atom stereocenters. The SMILES string of the molecule is C[C@@H]1CN(C(=O)c2cnn(-c3ccc(C(F)(F)F)cn3)c2C(F)(F)F)C[C@@H](CO)O1. The number of hydrogen-bond acceptors (Lipinski definition) is 5. The number of morpholine rings is 1. The Morgan fingerprint density at radius 3 is 2.40 bits per heavy atom. The fourth-order valence-electron chi connectivity index (χ4n) is 3.11. The van der Waals surface area contributed by atoms with E-state index in [4.69, 9.17) is 4.74 Å². The van der Waals surface area contributed by atoms with E-state index in [0.717, 1.165) is 11.0 Å². The number of amides is 1. The minimum Gasteiger partial charge on any atom is -0.394 e. The highest BCUT2D eigenvalue weighted by atomic mass is 19.4. The third kappa shape index (κ3) is 4.41. The predicted octanol–water partition coefficient (Wildman–Crippen LogP) is 2.53. The maximum absolute atomic E-state index is 13.7. The van der Waals surface area contributed by atoms with Crippen molar-refractivity contribution in [2.75, 3.05) is 19.7 Å². The normalized spacial score (nSPS) is 20.5. The number of pyridine rings is 1. The van der Waals surface area contributed by atoms with Crippen molar-refractivity contribution in [2.24, 2.45) is 0 Å². The number of halogens is 6. The van der Waals surface area contributed by atoms with E-state index in [1.54, 1.807) is 6.92 Å². The molecule has 0 spiro atoms. The lowest BCUT2D eigenvalue weighted by Gasteiger charge is -2.36. The molecule has 1 fully saturated rings. The van der Waals surface area contributed by atoms with Crippen LogP contribution in [0.25, 0.3) is 5.82 Å². The van der Waals surface area contributed by atoms with Crippen molar-refractivity contribution in [3.63, 3.8) is 0 Å². The smallest absolute Gasteiger partial charge is 0.394 e. The fraction of sp³-hybridized carbons (Fsp3) is 0.471. The number of aliphatic hydroxyl groups excluding tert-OH is 1. The number of aliphatic hydroxyl groups is 1. The summed E-state index contributed by atoms with van der Waals surface area (Å²) in [5, 5.41) is 12.8. The van der Waals surface area contributed by atoms with Gasteiger partial charge in [0.05, 0.1) is 36.1 Å². The van der Waals surface area contributed by atoms with Crippen LogP contribution in [0.15, 0.2) is 24.5 Å². The first kappa shape index (κ1) is 22.0. The maximum Gasteiger partial charge on any atom is 0.434 e. The first-order valence-corrected chi connectivity index (χ1v) is 8.66. The van der Waals surface area contributed by atoms with Gasteiger partial charge >= 0.3 is 12.4 Å². The summed E-state index contributed by atoms with van der Waals surface area (Å²) < 4.78 is 84.9. The zero-order valence-electron chi connectivity index (χ0n) is 15.4. The lowest BCUT2D eigenvalue weighted by Crippen LogP contribution is -2.50. The molecule has 13 heteroatoms. The fourth-order valence-corrected chi connectivity index (χ4v) is 3.11. The standard InChI is InChI=1S/C17H16F6N4O3/c1-9-6-26(7-11(8-28)30-9)15(29)12-5-25-27(14(12)17(21,22)23)13-3-2-10(4-24-13)16(18,19)20/h2-5,9,11,28H,6-8H2,1H3/t9-,11+/m1/s1. The third-order valence-electron chi connectivity index (χ3n) is 4.38. The molecule has 1 amide bonds. The zero-order valence-corrected chi connectivity index (χ0v) is 15.4. The molecule has 0 aliphatic carbocycles. The van der Waals surface area contributed by atoms with Gasteiger partial charge in [-0.25, -0.2) is 9.67 Å². The van der Waals surface area contributed by atoms with Crippen molar-refractivity contribution in [3.8, 4) is 5.82 Å². The number of rotatable bonds is 3. The lowest BCUT2D eigenvalue weighted by molar-refractivity contribution is -0.143. The molecular weight excluding hydrogens is 422 g/mol. The average molecular weight is 438 g/mol.